The summed E-state index contributed by atoms with van der Waals surface area (Å²) in [6.07, 6.45) is 0. The summed E-state index contributed by atoms with van der Waals surface area (Å²) >= 11 is 1.43. The number of methoxy groups -OCH3 is 1. The molecule has 1 aliphatic rings. The Kier molecular flexibility index (Phi) is 6.03. The van der Waals surface area contributed by atoms with E-state index in [0.717, 1.165) is 29.1 Å². The van der Waals surface area contributed by atoms with Crippen LogP contribution in [0.25, 0.3) is 10.2 Å². The first-order chi connectivity index (χ1) is 14.1. The Bertz CT molecular complexity index is 1000. The minimum absolute atomic E-state index is 0.260. The van der Waals surface area contributed by atoms with Crippen molar-refractivity contribution in [1.29, 1.82) is 0 Å². The number of ether oxygens (including phenoxy) is 2. The fourth-order valence-electron chi connectivity index (χ4n) is 3.26. The molecule has 3 aromatic rings. The minimum Gasteiger partial charge on any atom is -0.497 e. The van der Waals surface area contributed by atoms with Gasteiger partial charge in [-0.3, -0.25) is 14.6 Å². The number of rotatable bonds is 6. The van der Waals surface area contributed by atoms with Crippen LogP contribution in [0.3, 0.4) is 0 Å². The topological polar surface area (TPSA) is 54.9 Å². The van der Waals surface area contributed by atoms with Crippen LogP contribution in [0.4, 0.5) is 9.52 Å². The zero-order valence-corrected chi connectivity index (χ0v) is 17.0. The summed E-state index contributed by atoms with van der Waals surface area (Å²) in [6, 6.07) is 11.4. The Labute approximate surface area is 172 Å². The average molecular weight is 415 g/mol. The van der Waals surface area contributed by atoms with E-state index >= 15 is 0 Å². The first-order valence-electron chi connectivity index (χ1n) is 9.46. The van der Waals surface area contributed by atoms with Crippen molar-refractivity contribution >= 4 is 32.6 Å². The maximum atomic E-state index is 13.7. The Morgan fingerprint density at radius 2 is 2.10 bits per heavy atom. The average Bonchev–Trinajstić information content (AvgIpc) is 3.17. The van der Waals surface area contributed by atoms with Crippen LogP contribution < -0.4 is 9.64 Å². The number of hydrogen-bond acceptors (Lipinski definition) is 6. The molecule has 0 aliphatic carbocycles. The minimum atomic E-state index is -0.432. The van der Waals surface area contributed by atoms with E-state index in [-0.39, 0.29) is 5.91 Å². The molecule has 0 atom stereocenters. The van der Waals surface area contributed by atoms with Crippen LogP contribution in [0.1, 0.15) is 10.4 Å². The zero-order valence-electron chi connectivity index (χ0n) is 16.1. The monoisotopic (exact) mass is 415 g/mol. The maximum Gasteiger partial charge on any atom is 0.260 e. The molecule has 1 saturated heterocycles. The molecule has 1 aromatic heterocycles. The first kappa shape index (κ1) is 19.8. The lowest BCUT2D eigenvalue weighted by atomic mass is 10.2. The van der Waals surface area contributed by atoms with Gasteiger partial charge in [0.05, 0.1) is 30.5 Å². The highest BCUT2D eigenvalue weighted by Crippen LogP contribution is 2.32. The molecule has 1 aliphatic heterocycles. The molecule has 152 valence electrons. The number of halogens is 1. The van der Waals surface area contributed by atoms with E-state index in [0.29, 0.717) is 37.0 Å². The Hall–Kier alpha value is -2.55. The van der Waals surface area contributed by atoms with Crippen LogP contribution in [-0.2, 0) is 4.74 Å². The predicted molar refractivity (Wildman–Crippen MR) is 112 cm³/mol. The lowest BCUT2D eigenvalue weighted by Gasteiger charge is -2.29. The predicted octanol–water partition coefficient (Wildman–Crippen LogP) is 3.42. The molecule has 2 heterocycles. The summed E-state index contributed by atoms with van der Waals surface area (Å²) in [5.74, 6) is 0.0471. The molecule has 8 heteroatoms. The molecule has 6 nitrogen and oxygen atoms in total. The van der Waals surface area contributed by atoms with Crippen LogP contribution in [0.2, 0.25) is 0 Å². The summed E-state index contributed by atoms with van der Waals surface area (Å²) in [6.45, 7) is 4.21. The van der Waals surface area contributed by atoms with Crippen LogP contribution in [-0.4, -0.2) is 62.3 Å². The van der Waals surface area contributed by atoms with E-state index in [1.54, 1.807) is 24.1 Å². The lowest BCUT2D eigenvalue weighted by molar-refractivity contribution is 0.0391. The molecule has 0 spiro atoms. The van der Waals surface area contributed by atoms with Gasteiger partial charge in [-0.1, -0.05) is 17.4 Å². The number of amides is 1. The van der Waals surface area contributed by atoms with E-state index in [4.69, 9.17) is 9.47 Å². The summed E-state index contributed by atoms with van der Waals surface area (Å²) in [7, 11) is 1.62. The highest BCUT2D eigenvalue weighted by atomic mass is 32.1. The van der Waals surface area contributed by atoms with Gasteiger partial charge < -0.3 is 9.47 Å². The van der Waals surface area contributed by atoms with Gasteiger partial charge in [-0.25, -0.2) is 9.37 Å². The second-order valence-electron chi connectivity index (χ2n) is 6.75. The number of fused-ring (bicyclic) bond motifs is 1. The standard InChI is InChI=1S/C21H22FN3O3S/c1-27-17-5-6-18-19(14-17)29-21(23-18)25(8-7-24-9-11-28-12-10-24)20(26)15-3-2-4-16(22)13-15/h2-6,13-14H,7-12H2,1H3. The van der Waals surface area contributed by atoms with Crippen molar-refractivity contribution in [2.24, 2.45) is 0 Å². The van der Waals surface area contributed by atoms with Crippen molar-refractivity contribution in [3.8, 4) is 5.75 Å². The molecule has 0 saturated carbocycles. The third-order valence-electron chi connectivity index (χ3n) is 4.88. The van der Waals surface area contributed by atoms with Gasteiger partial charge in [0.15, 0.2) is 5.13 Å². The maximum absolute atomic E-state index is 13.7. The van der Waals surface area contributed by atoms with E-state index < -0.39 is 5.82 Å². The summed E-state index contributed by atoms with van der Waals surface area (Å²) in [4.78, 5) is 21.8. The summed E-state index contributed by atoms with van der Waals surface area (Å²) < 4.78 is 25.3. The number of thiazole rings is 1. The van der Waals surface area contributed by atoms with Crippen molar-refractivity contribution in [1.82, 2.24) is 9.88 Å². The molecule has 2 aromatic carbocycles. The number of carbonyl (C=O) groups excluding carboxylic acids is 1. The van der Waals surface area contributed by atoms with Crippen molar-refractivity contribution in [2.45, 2.75) is 0 Å². The largest absolute Gasteiger partial charge is 0.497 e. The van der Waals surface area contributed by atoms with Crippen molar-refractivity contribution in [3.05, 3.63) is 53.8 Å². The van der Waals surface area contributed by atoms with E-state index in [2.05, 4.69) is 9.88 Å². The van der Waals surface area contributed by atoms with E-state index in [1.165, 1.54) is 23.5 Å². The van der Waals surface area contributed by atoms with Crippen molar-refractivity contribution < 1.29 is 18.7 Å². The summed E-state index contributed by atoms with van der Waals surface area (Å²) in [5.41, 5.74) is 1.11. The second kappa shape index (κ2) is 8.86. The van der Waals surface area contributed by atoms with Crippen LogP contribution in [0, 0.1) is 5.82 Å². The highest BCUT2D eigenvalue weighted by Gasteiger charge is 2.23. The number of aromatic nitrogens is 1. The normalized spacial score (nSPS) is 14.8. The van der Waals surface area contributed by atoms with E-state index in [1.807, 2.05) is 18.2 Å². The molecule has 0 bridgehead atoms. The molecular formula is C21H22FN3O3S. The molecule has 29 heavy (non-hydrogen) atoms. The smallest absolute Gasteiger partial charge is 0.260 e. The lowest BCUT2D eigenvalue weighted by Crippen LogP contribution is -2.43. The Balaban J connectivity index is 1.64. The zero-order chi connectivity index (χ0) is 20.2. The third kappa shape index (κ3) is 4.55. The fourth-order valence-corrected chi connectivity index (χ4v) is 4.28. The molecule has 0 radical (unpaired) electrons. The molecule has 0 N–H and O–H groups in total. The fraction of sp³-hybridized carbons (Fsp3) is 0.333. The van der Waals surface area contributed by atoms with Gasteiger partial charge in [0, 0.05) is 31.7 Å². The van der Waals surface area contributed by atoms with Gasteiger partial charge in [-0.2, -0.15) is 0 Å². The SMILES string of the molecule is COc1ccc2nc(N(CCN3CCOCC3)C(=O)c3cccc(F)c3)sc2c1. The van der Waals surface area contributed by atoms with Gasteiger partial charge in [-0.15, -0.1) is 0 Å². The number of nitrogens with zero attached hydrogens (tertiary/aromatic N) is 3. The van der Waals surface area contributed by atoms with Crippen molar-refractivity contribution in [2.75, 3.05) is 51.4 Å². The number of hydrogen-bond donors (Lipinski definition) is 0. The van der Waals surface area contributed by atoms with Gasteiger partial charge in [-0.05, 0) is 36.4 Å². The van der Waals surface area contributed by atoms with Gasteiger partial charge >= 0.3 is 0 Å². The number of benzene rings is 2. The molecule has 4 rings (SSSR count). The number of morpholine rings is 1. The Morgan fingerprint density at radius 1 is 1.28 bits per heavy atom. The second-order valence-corrected chi connectivity index (χ2v) is 7.76. The molecule has 1 fully saturated rings. The number of carbonyl (C=O) groups is 1. The quantitative estimate of drug-likeness (QED) is 0.618. The molecule has 1 amide bonds. The van der Waals surface area contributed by atoms with E-state index in [9.17, 15) is 9.18 Å². The van der Waals surface area contributed by atoms with Crippen LogP contribution in [0.15, 0.2) is 42.5 Å². The highest BCUT2D eigenvalue weighted by molar-refractivity contribution is 7.22. The number of anilines is 1. The van der Waals surface area contributed by atoms with Crippen LogP contribution >= 0.6 is 11.3 Å². The van der Waals surface area contributed by atoms with Gasteiger partial charge in [0.2, 0.25) is 0 Å². The Morgan fingerprint density at radius 3 is 2.86 bits per heavy atom. The third-order valence-corrected chi connectivity index (χ3v) is 5.92. The van der Waals surface area contributed by atoms with Gasteiger partial charge in [0.1, 0.15) is 11.6 Å². The molecular weight excluding hydrogens is 393 g/mol. The van der Waals surface area contributed by atoms with Gasteiger partial charge in [0.25, 0.3) is 5.91 Å². The summed E-state index contributed by atoms with van der Waals surface area (Å²) in [5, 5.41) is 0.593. The van der Waals surface area contributed by atoms with Crippen LogP contribution in [0.5, 0.6) is 5.75 Å². The first-order valence-corrected chi connectivity index (χ1v) is 10.3. The van der Waals surface area contributed by atoms with Crippen molar-refractivity contribution in [3.63, 3.8) is 0 Å². The molecule has 0 unspecified atom stereocenters.